The van der Waals surface area contributed by atoms with Crippen molar-refractivity contribution in [1.82, 2.24) is 4.90 Å². The molecule has 3 nitrogen and oxygen atoms in total. The zero-order valence-electron chi connectivity index (χ0n) is 9.38. The highest BCUT2D eigenvalue weighted by Crippen LogP contribution is 2.30. The first-order chi connectivity index (χ1) is 7.41. The highest BCUT2D eigenvalue weighted by atomic mass is 35.5. The van der Waals surface area contributed by atoms with E-state index in [1.807, 2.05) is 6.92 Å². The second kappa shape index (κ2) is 5.41. The van der Waals surface area contributed by atoms with Gasteiger partial charge in [-0.05, 0) is 24.6 Å². The smallest absolute Gasteiger partial charge is 0.259 e. The molecule has 0 saturated heterocycles. The lowest BCUT2D eigenvalue weighted by Crippen LogP contribution is -2.27. The molecular formula is C11H13Cl2NO2. The molecule has 0 aliphatic rings. The minimum Gasteiger partial charge on any atom is -0.482 e. The van der Waals surface area contributed by atoms with Crippen molar-refractivity contribution in [3.8, 4) is 5.75 Å². The van der Waals surface area contributed by atoms with Crippen molar-refractivity contribution in [2.24, 2.45) is 0 Å². The Kier molecular flexibility index (Phi) is 4.44. The van der Waals surface area contributed by atoms with Gasteiger partial charge in [-0.25, -0.2) is 0 Å². The number of nitrogens with zero attached hydrogens (tertiary/aromatic N) is 1. The van der Waals surface area contributed by atoms with Gasteiger partial charge in [0, 0.05) is 19.1 Å². The summed E-state index contributed by atoms with van der Waals surface area (Å²) in [6.45, 7) is 1.81. The van der Waals surface area contributed by atoms with Crippen LogP contribution in [0.1, 0.15) is 5.56 Å². The molecule has 0 N–H and O–H groups in total. The summed E-state index contributed by atoms with van der Waals surface area (Å²) in [4.78, 5) is 12.8. The molecule has 0 radical (unpaired) electrons. The van der Waals surface area contributed by atoms with E-state index in [0.717, 1.165) is 5.56 Å². The first kappa shape index (κ1) is 13.1. The molecule has 1 aromatic rings. The SMILES string of the molecule is Cc1cc(OCC(=O)N(C)C)c(Cl)cc1Cl. The van der Waals surface area contributed by atoms with Crippen molar-refractivity contribution in [3.63, 3.8) is 0 Å². The normalized spacial score (nSPS) is 10.1. The van der Waals surface area contributed by atoms with Crippen molar-refractivity contribution in [3.05, 3.63) is 27.7 Å². The quantitative estimate of drug-likeness (QED) is 0.838. The summed E-state index contributed by atoms with van der Waals surface area (Å²) >= 11 is 11.8. The molecule has 1 rings (SSSR count). The van der Waals surface area contributed by atoms with Gasteiger partial charge in [0.05, 0.1) is 5.02 Å². The molecule has 0 aliphatic heterocycles. The first-order valence-electron chi connectivity index (χ1n) is 4.70. The average molecular weight is 262 g/mol. The monoisotopic (exact) mass is 261 g/mol. The minimum atomic E-state index is -0.122. The van der Waals surface area contributed by atoms with Crippen LogP contribution in [0.25, 0.3) is 0 Å². The fourth-order valence-corrected chi connectivity index (χ4v) is 1.45. The van der Waals surface area contributed by atoms with Crippen LogP contribution in [0.4, 0.5) is 0 Å². The van der Waals surface area contributed by atoms with Crippen LogP contribution in [0, 0.1) is 6.92 Å². The van der Waals surface area contributed by atoms with E-state index in [9.17, 15) is 4.79 Å². The Hall–Kier alpha value is -0.930. The van der Waals surface area contributed by atoms with E-state index in [0.29, 0.717) is 15.8 Å². The summed E-state index contributed by atoms with van der Waals surface area (Å²) < 4.78 is 5.31. The van der Waals surface area contributed by atoms with Crippen LogP contribution in [0.2, 0.25) is 10.0 Å². The van der Waals surface area contributed by atoms with E-state index in [4.69, 9.17) is 27.9 Å². The molecule has 0 bridgehead atoms. The maximum absolute atomic E-state index is 11.3. The number of hydrogen-bond acceptors (Lipinski definition) is 2. The molecule has 0 saturated carbocycles. The fraction of sp³-hybridized carbons (Fsp3) is 0.364. The third kappa shape index (κ3) is 3.29. The highest BCUT2D eigenvalue weighted by Gasteiger charge is 2.09. The number of carbonyl (C=O) groups is 1. The van der Waals surface area contributed by atoms with E-state index in [2.05, 4.69) is 0 Å². The van der Waals surface area contributed by atoms with Crippen molar-refractivity contribution < 1.29 is 9.53 Å². The summed E-state index contributed by atoms with van der Waals surface area (Å²) in [5, 5.41) is 0.985. The maximum atomic E-state index is 11.3. The van der Waals surface area contributed by atoms with Gasteiger partial charge in [-0.2, -0.15) is 0 Å². The molecule has 0 spiro atoms. The molecule has 0 heterocycles. The van der Waals surface area contributed by atoms with Gasteiger partial charge in [0.15, 0.2) is 6.61 Å². The van der Waals surface area contributed by atoms with Gasteiger partial charge < -0.3 is 9.64 Å². The molecule has 1 amide bonds. The predicted octanol–water partition coefficient (Wildman–Crippen LogP) is 2.77. The lowest BCUT2D eigenvalue weighted by Gasteiger charge is -2.13. The summed E-state index contributed by atoms with van der Waals surface area (Å²) in [6, 6.07) is 3.32. The molecule has 0 aliphatic carbocycles. The van der Waals surface area contributed by atoms with Crippen LogP contribution < -0.4 is 4.74 Å². The van der Waals surface area contributed by atoms with Gasteiger partial charge in [0.2, 0.25) is 0 Å². The Bertz CT molecular complexity index is 405. The van der Waals surface area contributed by atoms with E-state index in [1.165, 1.54) is 4.90 Å². The number of benzene rings is 1. The zero-order chi connectivity index (χ0) is 12.3. The summed E-state index contributed by atoms with van der Waals surface area (Å²) in [7, 11) is 3.33. The van der Waals surface area contributed by atoms with E-state index >= 15 is 0 Å². The fourth-order valence-electron chi connectivity index (χ4n) is 1.01. The van der Waals surface area contributed by atoms with Crippen molar-refractivity contribution in [1.29, 1.82) is 0 Å². The van der Waals surface area contributed by atoms with E-state index < -0.39 is 0 Å². The van der Waals surface area contributed by atoms with E-state index in [-0.39, 0.29) is 12.5 Å². The third-order valence-electron chi connectivity index (χ3n) is 2.06. The number of amides is 1. The van der Waals surface area contributed by atoms with Gasteiger partial charge >= 0.3 is 0 Å². The number of ether oxygens (including phenoxy) is 1. The molecular weight excluding hydrogens is 249 g/mol. The number of carbonyl (C=O) groups excluding carboxylic acids is 1. The Morgan fingerprint density at radius 2 is 1.94 bits per heavy atom. The maximum Gasteiger partial charge on any atom is 0.259 e. The van der Waals surface area contributed by atoms with Crippen LogP contribution in [-0.2, 0) is 4.79 Å². The van der Waals surface area contributed by atoms with E-state index in [1.54, 1.807) is 26.2 Å². The summed E-state index contributed by atoms with van der Waals surface area (Å²) in [6.07, 6.45) is 0. The molecule has 0 fully saturated rings. The highest BCUT2D eigenvalue weighted by molar-refractivity contribution is 6.36. The molecule has 16 heavy (non-hydrogen) atoms. The molecule has 0 atom stereocenters. The Balaban J connectivity index is 2.75. The molecule has 0 unspecified atom stereocenters. The number of rotatable bonds is 3. The molecule has 5 heteroatoms. The van der Waals surface area contributed by atoms with Gasteiger partial charge in [-0.1, -0.05) is 23.2 Å². The van der Waals surface area contributed by atoms with Crippen LogP contribution >= 0.6 is 23.2 Å². The van der Waals surface area contributed by atoms with Gasteiger partial charge in [0.1, 0.15) is 5.75 Å². The Morgan fingerprint density at radius 3 is 2.50 bits per heavy atom. The molecule has 88 valence electrons. The van der Waals surface area contributed by atoms with Crippen LogP contribution in [-0.4, -0.2) is 31.5 Å². The second-order valence-corrected chi connectivity index (χ2v) is 4.42. The Labute approximate surface area is 105 Å². The molecule has 0 aromatic heterocycles. The standard InChI is InChI=1S/C11H13Cl2NO2/c1-7-4-10(9(13)5-8(7)12)16-6-11(15)14(2)3/h4-5H,6H2,1-3H3. The lowest BCUT2D eigenvalue weighted by molar-refractivity contribution is -0.130. The summed E-state index contributed by atoms with van der Waals surface area (Å²) in [5.41, 5.74) is 0.860. The number of halogens is 2. The van der Waals surface area contributed by atoms with Gasteiger partial charge in [-0.3, -0.25) is 4.79 Å². The van der Waals surface area contributed by atoms with Gasteiger partial charge in [-0.15, -0.1) is 0 Å². The van der Waals surface area contributed by atoms with Crippen molar-refractivity contribution >= 4 is 29.1 Å². The minimum absolute atomic E-state index is 0.0339. The van der Waals surface area contributed by atoms with Crippen LogP contribution in [0.3, 0.4) is 0 Å². The Morgan fingerprint density at radius 1 is 1.31 bits per heavy atom. The third-order valence-corrected chi connectivity index (χ3v) is 2.77. The average Bonchev–Trinajstić information content (AvgIpc) is 2.20. The second-order valence-electron chi connectivity index (χ2n) is 3.61. The predicted molar refractivity (Wildman–Crippen MR) is 65.4 cm³/mol. The van der Waals surface area contributed by atoms with Crippen molar-refractivity contribution in [2.45, 2.75) is 6.92 Å². The lowest BCUT2D eigenvalue weighted by atomic mass is 10.2. The topological polar surface area (TPSA) is 29.5 Å². The van der Waals surface area contributed by atoms with Crippen LogP contribution in [0.15, 0.2) is 12.1 Å². The number of aryl methyl sites for hydroxylation is 1. The zero-order valence-corrected chi connectivity index (χ0v) is 10.9. The molecule has 1 aromatic carbocycles. The summed E-state index contributed by atoms with van der Waals surface area (Å²) in [5.74, 6) is 0.349. The van der Waals surface area contributed by atoms with Crippen LogP contribution in [0.5, 0.6) is 5.75 Å². The largest absolute Gasteiger partial charge is 0.482 e. The number of likely N-dealkylation sites (N-methyl/N-ethyl adjacent to an activating group) is 1. The first-order valence-corrected chi connectivity index (χ1v) is 5.46. The van der Waals surface area contributed by atoms with Crippen molar-refractivity contribution in [2.75, 3.05) is 20.7 Å². The van der Waals surface area contributed by atoms with Gasteiger partial charge in [0.25, 0.3) is 5.91 Å². The number of hydrogen-bond donors (Lipinski definition) is 0.